The number of carbonyl (C=O) groups excluding carboxylic acids is 1. The van der Waals surface area contributed by atoms with Crippen LogP contribution in [-0.2, 0) is 0 Å². The molecule has 2 aromatic carbocycles. The molecule has 0 saturated heterocycles. The fraction of sp³-hybridized carbons (Fsp3) is 0.0667. The lowest BCUT2D eigenvalue weighted by atomic mass is 10.1. The first-order valence-electron chi connectivity index (χ1n) is 6.05. The van der Waals surface area contributed by atoms with Crippen LogP contribution in [0.15, 0.2) is 36.4 Å². The van der Waals surface area contributed by atoms with Crippen molar-refractivity contribution < 1.29 is 4.79 Å². The molecule has 3 N–H and O–H groups in total. The number of hydrogen-bond donors (Lipinski definition) is 2. The molecule has 0 aliphatic rings. The third-order valence-corrected chi connectivity index (χ3v) is 3.86. The lowest BCUT2D eigenvalue weighted by molar-refractivity contribution is 0.102. The van der Waals surface area contributed by atoms with Crippen LogP contribution in [0.1, 0.15) is 21.5 Å². The van der Waals surface area contributed by atoms with E-state index in [1.807, 2.05) is 6.92 Å². The Morgan fingerprint density at radius 2 is 1.81 bits per heavy atom. The van der Waals surface area contributed by atoms with Crippen molar-refractivity contribution in [3.8, 4) is 0 Å². The Labute approximate surface area is 138 Å². The number of hydrogen-bond acceptors (Lipinski definition) is 2. The van der Waals surface area contributed by atoms with E-state index in [1.165, 1.54) is 0 Å². The molecule has 0 aromatic heterocycles. The molecule has 0 fully saturated rings. The van der Waals surface area contributed by atoms with E-state index in [0.717, 1.165) is 5.56 Å². The molecule has 0 bridgehead atoms. The number of halogens is 2. The Kier molecular flexibility index (Phi) is 4.83. The average molecular weight is 339 g/mol. The minimum Gasteiger partial charge on any atom is -0.389 e. The van der Waals surface area contributed by atoms with Gasteiger partial charge in [0.25, 0.3) is 5.91 Å². The van der Waals surface area contributed by atoms with Crippen molar-refractivity contribution in [2.75, 3.05) is 5.32 Å². The molecule has 0 heterocycles. The van der Waals surface area contributed by atoms with Crippen LogP contribution in [0.5, 0.6) is 0 Å². The number of thiocarbonyl (C=S) groups is 1. The van der Waals surface area contributed by atoms with Crippen molar-refractivity contribution in [2.45, 2.75) is 6.92 Å². The van der Waals surface area contributed by atoms with Crippen LogP contribution in [0.2, 0.25) is 10.0 Å². The summed E-state index contributed by atoms with van der Waals surface area (Å²) in [5, 5.41) is 3.68. The number of anilines is 1. The summed E-state index contributed by atoms with van der Waals surface area (Å²) in [6.45, 7) is 1.84. The molecule has 0 saturated carbocycles. The van der Waals surface area contributed by atoms with Crippen LogP contribution in [0.25, 0.3) is 0 Å². The van der Waals surface area contributed by atoms with Gasteiger partial charge in [-0.05, 0) is 36.8 Å². The summed E-state index contributed by atoms with van der Waals surface area (Å²) in [6, 6.07) is 10.1. The van der Waals surface area contributed by atoms with Crippen molar-refractivity contribution in [2.24, 2.45) is 5.73 Å². The molecule has 0 radical (unpaired) electrons. The van der Waals surface area contributed by atoms with Crippen molar-refractivity contribution in [3.63, 3.8) is 0 Å². The lowest BCUT2D eigenvalue weighted by Crippen LogP contribution is -2.15. The van der Waals surface area contributed by atoms with Gasteiger partial charge in [0.1, 0.15) is 4.99 Å². The van der Waals surface area contributed by atoms with E-state index >= 15 is 0 Å². The van der Waals surface area contributed by atoms with Crippen LogP contribution in [0.4, 0.5) is 5.69 Å². The van der Waals surface area contributed by atoms with Gasteiger partial charge in [0.05, 0.1) is 10.7 Å². The first-order chi connectivity index (χ1) is 9.88. The highest BCUT2D eigenvalue weighted by molar-refractivity contribution is 7.80. The topological polar surface area (TPSA) is 55.1 Å². The van der Waals surface area contributed by atoms with E-state index in [-0.39, 0.29) is 10.9 Å². The molecule has 1 amide bonds. The van der Waals surface area contributed by atoms with Crippen LogP contribution in [-0.4, -0.2) is 10.9 Å². The minimum absolute atomic E-state index is 0.237. The number of rotatable bonds is 3. The van der Waals surface area contributed by atoms with E-state index in [2.05, 4.69) is 5.32 Å². The van der Waals surface area contributed by atoms with E-state index in [4.69, 9.17) is 41.2 Å². The molecule has 108 valence electrons. The fourth-order valence-corrected chi connectivity index (χ4v) is 2.31. The van der Waals surface area contributed by atoms with E-state index in [1.54, 1.807) is 36.4 Å². The Bertz CT molecular complexity index is 732. The van der Waals surface area contributed by atoms with Crippen molar-refractivity contribution in [1.29, 1.82) is 0 Å². The van der Waals surface area contributed by atoms with Crippen molar-refractivity contribution >= 4 is 52.0 Å². The van der Waals surface area contributed by atoms with Crippen LogP contribution >= 0.6 is 35.4 Å². The zero-order valence-electron chi connectivity index (χ0n) is 11.1. The summed E-state index contributed by atoms with van der Waals surface area (Å²) < 4.78 is 0. The predicted octanol–water partition coefficient (Wildman–Crippen LogP) is 4.19. The van der Waals surface area contributed by atoms with Gasteiger partial charge in [0, 0.05) is 16.1 Å². The van der Waals surface area contributed by atoms with Crippen LogP contribution in [0.3, 0.4) is 0 Å². The van der Waals surface area contributed by atoms with Crippen molar-refractivity contribution in [1.82, 2.24) is 0 Å². The summed E-state index contributed by atoms with van der Waals surface area (Å²) in [5.74, 6) is -0.310. The maximum Gasteiger partial charge on any atom is 0.255 e. The molecule has 0 aliphatic carbocycles. The van der Waals surface area contributed by atoms with Gasteiger partial charge >= 0.3 is 0 Å². The zero-order chi connectivity index (χ0) is 15.6. The molecule has 0 unspecified atom stereocenters. The number of aryl methyl sites for hydroxylation is 1. The maximum absolute atomic E-state index is 12.2. The monoisotopic (exact) mass is 338 g/mol. The second-order valence-electron chi connectivity index (χ2n) is 4.48. The number of carbonyl (C=O) groups is 1. The van der Waals surface area contributed by atoms with Gasteiger partial charge in [0.15, 0.2) is 0 Å². The Morgan fingerprint density at radius 3 is 2.48 bits per heavy atom. The first kappa shape index (κ1) is 15.8. The van der Waals surface area contributed by atoms with Crippen LogP contribution < -0.4 is 11.1 Å². The quantitative estimate of drug-likeness (QED) is 0.825. The molecular formula is C15H12Cl2N2OS. The zero-order valence-corrected chi connectivity index (χ0v) is 13.4. The van der Waals surface area contributed by atoms with Crippen molar-refractivity contribution in [3.05, 3.63) is 63.1 Å². The van der Waals surface area contributed by atoms with E-state index in [9.17, 15) is 4.79 Å². The van der Waals surface area contributed by atoms with Gasteiger partial charge in [-0.15, -0.1) is 0 Å². The largest absolute Gasteiger partial charge is 0.389 e. The van der Waals surface area contributed by atoms with Gasteiger partial charge in [0.2, 0.25) is 0 Å². The summed E-state index contributed by atoms with van der Waals surface area (Å²) in [6.07, 6.45) is 0. The normalized spacial score (nSPS) is 10.2. The van der Waals surface area contributed by atoms with Crippen LogP contribution in [0, 0.1) is 6.92 Å². The predicted molar refractivity (Wildman–Crippen MR) is 91.5 cm³/mol. The average Bonchev–Trinajstić information content (AvgIpc) is 2.44. The second-order valence-corrected chi connectivity index (χ2v) is 5.73. The first-order valence-corrected chi connectivity index (χ1v) is 7.22. The Hall–Kier alpha value is -1.62. The molecule has 2 aromatic rings. The number of amides is 1. The minimum atomic E-state index is -0.310. The third kappa shape index (κ3) is 3.73. The Morgan fingerprint density at radius 1 is 1.14 bits per heavy atom. The standard InChI is InChI=1S/C15H12Cl2N2OS/c1-8-5-12(17)13(7-11(8)16)19-15(20)10-4-2-3-9(6-10)14(18)21/h2-7H,1H3,(H2,18,21)(H,19,20). The number of nitrogens with one attached hydrogen (secondary N) is 1. The second kappa shape index (κ2) is 6.43. The van der Waals surface area contributed by atoms with Gasteiger partial charge in [-0.25, -0.2) is 0 Å². The van der Waals surface area contributed by atoms with Gasteiger partial charge < -0.3 is 11.1 Å². The molecule has 0 atom stereocenters. The maximum atomic E-state index is 12.2. The molecule has 21 heavy (non-hydrogen) atoms. The van der Waals surface area contributed by atoms with Gasteiger partial charge in [-0.1, -0.05) is 47.6 Å². The SMILES string of the molecule is Cc1cc(Cl)c(NC(=O)c2cccc(C(N)=S)c2)cc1Cl. The highest BCUT2D eigenvalue weighted by Crippen LogP contribution is 2.29. The highest BCUT2D eigenvalue weighted by atomic mass is 35.5. The Balaban J connectivity index is 2.28. The molecular weight excluding hydrogens is 327 g/mol. The van der Waals surface area contributed by atoms with E-state index in [0.29, 0.717) is 26.9 Å². The molecule has 0 aliphatic heterocycles. The summed E-state index contributed by atoms with van der Waals surface area (Å²) >= 11 is 17.0. The molecule has 3 nitrogen and oxygen atoms in total. The third-order valence-electron chi connectivity index (χ3n) is 2.91. The van der Waals surface area contributed by atoms with Gasteiger partial charge in [-0.2, -0.15) is 0 Å². The summed E-state index contributed by atoms with van der Waals surface area (Å²) in [5.41, 5.74) is 7.92. The number of nitrogens with two attached hydrogens (primary N) is 1. The highest BCUT2D eigenvalue weighted by Gasteiger charge is 2.11. The summed E-state index contributed by atoms with van der Waals surface area (Å²) in [4.78, 5) is 12.5. The fourth-order valence-electron chi connectivity index (χ4n) is 1.75. The smallest absolute Gasteiger partial charge is 0.255 e. The lowest BCUT2D eigenvalue weighted by Gasteiger charge is -2.10. The van der Waals surface area contributed by atoms with Gasteiger partial charge in [-0.3, -0.25) is 4.79 Å². The molecule has 6 heteroatoms. The molecule has 0 spiro atoms. The molecule has 2 rings (SSSR count). The summed E-state index contributed by atoms with van der Waals surface area (Å²) in [7, 11) is 0. The van der Waals surface area contributed by atoms with E-state index < -0.39 is 0 Å². The number of benzene rings is 2.